The molecular formula is C15H23F3N4O2. The molecule has 6 nitrogen and oxygen atoms in total. The second-order valence-electron chi connectivity index (χ2n) is 6.54. The van der Waals surface area contributed by atoms with Gasteiger partial charge in [0, 0.05) is 6.42 Å². The first-order valence-electron chi connectivity index (χ1n) is 8.29. The van der Waals surface area contributed by atoms with Crippen molar-refractivity contribution in [1.82, 2.24) is 19.7 Å². The molecule has 0 radical (unpaired) electrons. The molecule has 0 aromatic carbocycles. The van der Waals surface area contributed by atoms with Gasteiger partial charge in [-0.15, -0.1) is 0 Å². The second-order valence-corrected chi connectivity index (χ2v) is 6.54. The Morgan fingerprint density at radius 3 is 2.58 bits per heavy atom. The molecule has 0 amide bonds. The van der Waals surface area contributed by atoms with Crippen LogP contribution in [0.1, 0.15) is 30.6 Å². The summed E-state index contributed by atoms with van der Waals surface area (Å²) in [5.41, 5.74) is 0. The zero-order chi connectivity index (χ0) is 17.2. The lowest BCUT2D eigenvalue weighted by Gasteiger charge is -2.28. The zero-order valence-electron chi connectivity index (χ0n) is 13.8. The van der Waals surface area contributed by atoms with Crippen molar-refractivity contribution in [2.45, 2.75) is 38.1 Å². The van der Waals surface area contributed by atoms with Crippen LogP contribution >= 0.6 is 0 Å². The lowest BCUT2D eigenvalue weighted by molar-refractivity contribution is -0.146. The molecule has 1 atom stereocenters. The number of aromatic nitrogens is 3. The summed E-state index contributed by atoms with van der Waals surface area (Å²) in [4.78, 5) is 6.62. The molecule has 0 bridgehead atoms. The van der Waals surface area contributed by atoms with Crippen molar-refractivity contribution in [3.05, 3.63) is 11.6 Å². The molecule has 0 unspecified atom stereocenters. The minimum absolute atomic E-state index is 0.213. The molecule has 3 heterocycles. The number of nitrogens with zero attached hydrogens (tertiary/aromatic N) is 4. The van der Waals surface area contributed by atoms with Gasteiger partial charge >= 0.3 is 6.18 Å². The molecular weight excluding hydrogens is 325 g/mol. The third-order valence-corrected chi connectivity index (χ3v) is 4.49. The topological polar surface area (TPSA) is 52.4 Å². The van der Waals surface area contributed by atoms with Crippen LogP contribution in [0.3, 0.4) is 0 Å². The van der Waals surface area contributed by atoms with Gasteiger partial charge in [0.2, 0.25) is 0 Å². The summed E-state index contributed by atoms with van der Waals surface area (Å²) in [6.45, 7) is 1.87. The first kappa shape index (κ1) is 17.6. The van der Waals surface area contributed by atoms with Crippen LogP contribution in [0.25, 0.3) is 0 Å². The molecule has 0 spiro atoms. The lowest BCUT2D eigenvalue weighted by atomic mass is 9.94. The molecule has 3 rings (SSSR count). The number of ether oxygens (including phenoxy) is 2. The van der Waals surface area contributed by atoms with Gasteiger partial charge in [-0.05, 0) is 38.9 Å². The fourth-order valence-corrected chi connectivity index (χ4v) is 3.17. The van der Waals surface area contributed by atoms with Crippen LogP contribution < -0.4 is 0 Å². The zero-order valence-corrected chi connectivity index (χ0v) is 13.8. The molecule has 1 aromatic rings. The third kappa shape index (κ3) is 4.67. The van der Waals surface area contributed by atoms with E-state index in [2.05, 4.69) is 22.0 Å². The average molecular weight is 348 g/mol. The Morgan fingerprint density at radius 2 is 1.96 bits per heavy atom. The van der Waals surface area contributed by atoms with Gasteiger partial charge in [0.25, 0.3) is 0 Å². The first-order valence-corrected chi connectivity index (χ1v) is 8.29. The van der Waals surface area contributed by atoms with E-state index < -0.39 is 18.8 Å². The van der Waals surface area contributed by atoms with Gasteiger partial charge in [-0.1, -0.05) is 0 Å². The van der Waals surface area contributed by atoms with Crippen molar-refractivity contribution in [3.63, 3.8) is 0 Å². The van der Waals surface area contributed by atoms with Gasteiger partial charge in [-0.25, -0.2) is 9.67 Å². The highest BCUT2D eigenvalue weighted by Crippen LogP contribution is 2.25. The van der Waals surface area contributed by atoms with E-state index in [1.165, 1.54) is 0 Å². The summed E-state index contributed by atoms with van der Waals surface area (Å²) in [6, 6.07) is 0. The maximum atomic E-state index is 12.8. The molecule has 2 aliphatic rings. The van der Waals surface area contributed by atoms with E-state index in [1.807, 2.05) is 0 Å². The second kappa shape index (κ2) is 7.37. The molecule has 0 saturated carbocycles. The van der Waals surface area contributed by atoms with E-state index >= 15 is 0 Å². The van der Waals surface area contributed by atoms with Crippen molar-refractivity contribution in [3.8, 4) is 0 Å². The van der Waals surface area contributed by atoms with E-state index in [-0.39, 0.29) is 12.4 Å². The van der Waals surface area contributed by atoms with Crippen LogP contribution in [0.2, 0.25) is 0 Å². The van der Waals surface area contributed by atoms with Crippen LogP contribution in [-0.4, -0.2) is 65.8 Å². The Balaban J connectivity index is 1.74. The van der Waals surface area contributed by atoms with E-state index in [1.54, 1.807) is 0 Å². The van der Waals surface area contributed by atoms with Crippen molar-refractivity contribution in [1.29, 1.82) is 0 Å². The van der Waals surface area contributed by atoms with Gasteiger partial charge in [0.1, 0.15) is 12.6 Å². The largest absolute Gasteiger partial charge is 0.408 e. The Kier molecular flexibility index (Phi) is 5.41. The Labute approximate surface area is 138 Å². The van der Waals surface area contributed by atoms with E-state index in [0.29, 0.717) is 31.4 Å². The maximum absolute atomic E-state index is 12.8. The third-order valence-electron chi connectivity index (χ3n) is 4.49. The molecule has 2 fully saturated rings. The summed E-state index contributed by atoms with van der Waals surface area (Å²) in [7, 11) is 2.07. The number of hydrogen-bond donors (Lipinski definition) is 0. The molecule has 136 valence electrons. The Bertz CT molecular complexity index is 535. The quantitative estimate of drug-likeness (QED) is 0.831. The molecule has 9 heteroatoms. The lowest BCUT2D eigenvalue weighted by Crippen LogP contribution is -2.31. The van der Waals surface area contributed by atoms with Gasteiger partial charge in [-0.3, -0.25) is 0 Å². The minimum Gasteiger partial charge on any atom is -0.376 e. The average Bonchev–Trinajstić information content (AvgIpc) is 2.91. The maximum Gasteiger partial charge on any atom is 0.408 e. The highest BCUT2D eigenvalue weighted by atomic mass is 19.4. The van der Waals surface area contributed by atoms with Crippen LogP contribution in [0, 0.1) is 5.92 Å². The van der Waals surface area contributed by atoms with Gasteiger partial charge in [0.15, 0.2) is 11.6 Å². The first-order chi connectivity index (χ1) is 11.4. The van der Waals surface area contributed by atoms with E-state index in [4.69, 9.17) is 9.47 Å². The normalized spacial score (nSPS) is 24.4. The minimum atomic E-state index is -4.34. The molecule has 2 aliphatic heterocycles. The van der Waals surface area contributed by atoms with Crippen molar-refractivity contribution >= 4 is 0 Å². The van der Waals surface area contributed by atoms with Crippen LogP contribution in [0.5, 0.6) is 0 Å². The fraction of sp³-hybridized carbons (Fsp3) is 0.867. The SMILES string of the molecule is CN1CCC(Cc2nc([C@@H]3COCCO3)n(CC(F)(F)F)n2)CC1. The molecule has 24 heavy (non-hydrogen) atoms. The number of halogens is 3. The number of piperidine rings is 1. The standard InChI is InChI=1S/C15H23F3N4O2/c1-21-4-2-11(3-5-21)8-13-19-14(12-9-23-6-7-24-12)22(20-13)10-15(16,17)18/h11-12H,2-10H2,1H3/t12-/m0/s1. The summed E-state index contributed by atoms with van der Waals surface area (Å²) in [5, 5.41) is 4.12. The molecule has 2 saturated heterocycles. The predicted octanol–water partition coefficient (Wildman–Crippen LogP) is 1.81. The fourth-order valence-electron chi connectivity index (χ4n) is 3.17. The summed E-state index contributed by atoms with van der Waals surface area (Å²) >= 11 is 0. The highest BCUT2D eigenvalue weighted by Gasteiger charge is 2.33. The molecule has 0 aliphatic carbocycles. The Morgan fingerprint density at radius 1 is 1.21 bits per heavy atom. The number of hydrogen-bond acceptors (Lipinski definition) is 5. The van der Waals surface area contributed by atoms with Crippen molar-refractivity contribution in [2.24, 2.45) is 5.92 Å². The smallest absolute Gasteiger partial charge is 0.376 e. The molecule has 1 aromatic heterocycles. The Hall–Kier alpha value is -1.19. The van der Waals surface area contributed by atoms with Crippen molar-refractivity contribution < 1.29 is 22.6 Å². The van der Waals surface area contributed by atoms with Crippen LogP contribution in [0.4, 0.5) is 13.2 Å². The summed E-state index contributed by atoms with van der Waals surface area (Å²) < 4.78 is 50.2. The van der Waals surface area contributed by atoms with E-state index in [0.717, 1.165) is 30.6 Å². The van der Waals surface area contributed by atoms with Crippen LogP contribution in [-0.2, 0) is 22.4 Å². The number of rotatable bonds is 4. The van der Waals surface area contributed by atoms with Crippen molar-refractivity contribution in [2.75, 3.05) is 40.0 Å². The summed E-state index contributed by atoms with van der Waals surface area (Å²) in [6.07, 6.45) is -2.28. The van der Waals surface area contributed by atoms with Gasteiger partial charge in [0.05, 0.1) is 19.8 Å². The number of likely N-dealkylation sites (tertiary alicyclic amines) is 1. The monoisotopic (exact) mass is 348 g/mol. The predicted molar refractivity (Wildman–Crippen MR) is 79.5 cm³/mol. The van der Waals surface area contributed by atoms with E-state index in [9.17, 15) is 13.2 Å². The highest BCUT2D eigenvalue weighted by molar-refractivity contribution is 5.00. The number of alkyl halides is 3. The molecule has 0 N–H and O–H groups in total. The summed E-state index contributed by atoms with van der Waals surface area (Å²) in [5.74, 6) is 1.10. The van der Waals surface area contributed by atoms with Gasteiger partial charge in [-0.2, -0.15) is 18.3 Å². The van der Waals surface area contributed by atoms with Crippen LogP contribution in [0.15, 0.2) is 0 Å². The van der Waals surface area contributed by atoms with Gasteiger partial charge < -0.3 is 14.4 Å².